The molecule has 1 amide bonds. The molecule has 0 unspecified atom stereocenters. The number of aromatic nitrogens is 1. The number of carbonyl (C=O) groups excluding carboxylic acids is 1. The van der Waals surface area contributed by atoms with E-state index in [-0.39, 0.29) is 10.9 Å². The first-order valence-electron chi connectivity index (χ1n) is 6.63. The average molecular weight is 307 g/mol. The van der Waals surface area contributed by atoms with Gasteiger partial charge in [-0.3, -0.25) is 9.78 Å². The van der Waals surface area contributed by atoms with Crippen molar-refractivity contribution in [3.63, 3.8) is 0 Å². The molecule has 3 nitrogen and oxygen atoms in total. The van der Waals surface area contributed by atoms with Gasteiger partial charge in [-0.2, -0.15) is 0 Å². The zero-order valence-electron chi connectivity index (χ0n) is 11.7. The maximum absolute atomic E-state index is 13.4. The predicted octanol–water partition coefficient (Wildman–Crippen LogP) is 3.47. The molecular formula is C16H16ClFN2O. The molecule has 110 valence electrons. The van der Waals surface area contributed by atoms with Gasteiger partial charge in [0.1, 0.15) is 5.82 Å². The van der Waals surface area contributed by atoms with Crippen LogP contribution in [0.15, 0.2) is 42.7 Å². The van der Waals surface area contributed by atoms with E-state index in [1.165, 1.54) is 12.1 Å². The molecule has 0 bridgehead atoms. The first kappa shape index (κ1) is 15.4. The van der Waals surface area contributed by atoms with Crippen LogP contribution < -0.4 is 0 Å². The summed E-state index contributed by atoms with van der Waals surface area (Å²) >= 11 is 5.64. The third kappa shape index (κ3) is 4.53. The lowest BCUT2D eigenvalue weighted by Gasteiger charge is -2.17. The minimum absolute atomic E-state index is 0.0159. The highest BCUT2D eigenvalue weighted by atomic mass is 35.5. The van der Waals surface area contributed by atoms with Crippen LogP contribution in [-0.2, 0) is 17.8 Å². The molecule has 0 aliphatic carbocycles. The fraction of sp³-hybridized carbons (Fsp3) is 0.250. The van der Waals surface area contributed by atoms with E-state index in [4.69, 9.17) is 11.6 Å². The normalized spacial score (nSPS) is 10.4. The third-order valence-corrected chi connectivity index (χ3v) is 3.51. The van der Waals surface area contributed by atoms with E-state index < -0.39 is 5.82 Å². The number of rotatable bonds is 5. The largest absolute Gasteiger partial charge is 0.341 e. The van der Waals surface area contributed by atoms with Crippen molar-refractivity contribution in [1.29, 1.82) is 0 Å². The van der Waals surface area contributed by atoms with E-state index in [9.17, 15) is 9.18 Å². The quantitative estimate of drug-likeness (QED) is 0.847. The predicted molar refractivity (Wildman–Crippen MR) is 80.4 cm³/mol. The highest BCUT2D eigenvalue weighted by molar-refractivity contribution is 6.30. The topological polar surface area (TPSA) is 33.2 Å². The summed E-state index contributed by atoms with van der Waals surface area (Å²) in [5.41, 5.74) is 1.79. The molecule has 0 saturated heterocycles. The van der Waals surface area contributed by atoms with Gasteiger partial charge in [-0.15, -0.1) is 0 Å². The lowest BCUT2D eigenvalue weighted by molar-refractivity contribution is -0.130. The number of amides is 1. The van der Waals surface area contributed by atoms with Gasteiger partial charge in [0, 0.05) is 32.4 Å². The summed E-state index contributed by atoms with van der Waals surface area (Å²) < 4.78 is 13.4. The Morgan fingerprint density at radius 2 is 1.95 bits per heavy atom. The molecule has 0 atom stereocenters. The van der Waals surface area contributed by atoms with Crippen molar-refractivity contribution >= 4 is 17.5 Å². The van der Waals surface area contributed by atoms with E-state index in [1.807, 2.05) is 12.1 Å². The molecule has 21 heavy (non-hydrogen) atoms. The molecular weight excluding hydrogens is 291 g/mol. The van der Waals surface area contributed by atoms with Crippen molar-refractivity contribution in [3.05, 3.63) is 64.7 Å². The van der Waals surface area contributed by atoms with Gasteiger partial charge < -0.3 is 4.90 Å². The van der Waals surface area contributed by atoms with Gasteiger partial charge in [-0.05, 0) is 41.8 Å². The molecule has 0 spiro atoms. The standard InChI is InChI=1S/C16H16ClFN2O/c1-20(11-13-2-4-14(17)15(18)10-13)16(21)5-3-12-6-8-19-9-7-12/h2,4,6-10H,3,5,11H2,1H3. The highest BCUT2D eigenvalue weighted by Crippen LogP contribution is 2.16. The Balaban J connectivity index is 1.88. The van der Waals surface area contributed by atoms with Gasteiger partial charge in [0.15, 0.2) is 0 Å². The average Bonchev–Trinajstić information content (AvgIpc) is 2.49. The van der Waals surface area contributed by atoms with Crippen molar-refractivity contribution in [1.82, 2.24) is 9.88 Å². The second kappa shape index (κ2) is 7.18. The maximum atomic E-state index is 13.4. The number of hydrogen-bond donors (Lipinski definition) is 0. The molecule has 0 radical (unpaired) electrons. The Bertz CT molecular complexity index is 619. The van der Waals surface area contributed by atoms with Gasteiger partial charge >= 0.3 is 0 Å². The van der Waals surface area contributed by atoms with Crippen molar-refractivity contribution < 1.29 is 9.18 Å². The van der Waals surface area contributed by atoms with Crippen LogP contribution in [0.4, 0.5) is 4.39 Å². The Labute approximate surface area is 128 Å². The van der Waals surface area contributed by atoms with Gasteiger partial charge in [0.2, 0.25) is 5.91 Å². The summed E-state index contributed by atoms with van der Waals surface area (Å²) in [4.78, 5) is 17.6. The summed E-state index contributed by atoms with van der Waals surface area (Å²) in [6, 6.07) is 8.36. The number of benzene rings is 1. The van der Waals surface area contributed by atoms with E-state index >= 15 is 0 Å². The van der Waals surface area contributed by atoms with Crippen LogP contribution in [0, 0.1) is 5.82 Å². The molecule has 1 aromatic carbocycles. The smallest absolute Gasteiger partial charge is 0.222 e. The van der Waals surface area contributed by atoms with E-state index in [2.05, 4.69) is 4.98 Å². The monoisotopic (exact) mass is 306 g/mol. The molecule has 2 aromatic rings. The van der Waals surface area contributed by atoms with E-state index in [0.717, 1.165) is 11.1 Å². The number of carbonyl (C=O) groups is 1. The summed E-state index contributed by atoms with van der Waals surface area (Å²) in [6.45, 7) is 0.364. The van der Waals surface area contributed by atoms with E-state index in [1.54, 1.807) is 30.4 Å². The van der Waals surface area contributed by atoms with Gasteiger partial charge in [-0.1, -0.05) is 17.7 Å². The minimum atomic E-state index is -0.466. The Morgan fingerprint density at radius 3 is 2.62 bits per heavy atom. The summed E-state index contributed by atoms with van der Waals surface area (Å²) in [6.07, 6.45) is 4.50. The highest BCUT2D eigenvalue weighted by Gasteiger charge is 2.10. The zero-order chi connectivity index (χ0) is 15.2. The second-order valence-electron chi connectivity index (χ2n) is 4.85. The number of hydrogen-bond acceptors (Lipinski definition) is 2. The number of halogens is 2. The van der Waals surface area contributed by atoms with Gasteiger partial charge in [0.25, 0.3) is 0 Å². The molecule has 1 aromatic heterocycles. The van der Waals surface area contributed by atoms with Crippen LogP contribution in [0.25, 0.3) is 0 Å². The molecule has 0 aliphatic rings. The molecule has 0 aliphatic heterocycles. The lowest BCUT2D eigenvalue weighted by Crippen LogP contribution is -2.26. The fourth-order valence-corrected chi connectivity index (χ4v) is 2.11. The van der Waals surface area contributed by atoms with Crippen LogP contribution in [0.3, 0.4) is 0 Å². The summed E-state index contributed by atoms with van der Waals surface area (Å²) in [7, 11) is 1.71. The molecule has 2 rings (SSSR count). The van der Waals surface area contributed by atoms with E-state index in [0.29, 0.717) is 19.4 Å². The van der Waals surface area contributed by atoms with Gasteiger partial charge in [0.05, 0.1) is 5.02 Å². The molecule has 1 heterocycles. The van der Waals surface area contributed by atoms with Crippen molar-refractivity contribution in [2.45, 2.75) is 19.4 Å². The van der Waals surface area contributed by atoms with Crippen molar-refractivity contribution in [2.24, 2.45) is 0 Å². The van der Waals surface area contributed by atoms with Crippen LogP contribution in [0.1, 0.15) is 17.5 Å². The SMILES string of the molecule is CN(Cc1ccc(Cl)c(F)c1)C(=O)CCc1ccncc1. The third-order valence-electron chi connectivity index (χ3n) is 3.21. The van der Waals surface area contributed by atoms with Gasteiger partial charge in [-0.25, -0.2) is 4.39 Å². The maximum Gasteiger partial charge on any atom is 0.222 e. The molecule has 0 N–H and O–H groups in total. The molecule has 0 fully saturated rings. The Morgan fingerprint density at radius 1 is 1.24 bits per heavy atom. The molecule has 5 heteroatoms. The van der Waals surface area contributed by atoms with Crippen LogP contribution in [-0.4, -0.2) is 22.8 Å². The minimum Gasteiger partial charge on any atom is -0.341 e. The number of aryl methyl sites for hydroxylation is 1. The Kier molecular flexibility index (Phi) is 5.28. The second-order valence-corrected chi connectivity index (χ2v) is 5.26. The number of nitrogens with zero attached hydrogens (tertiary/aromatic N) is 2. The fourth-order valence-electron chi connectivity index (χ4n) is 1.99. The van der Waals surface area contributed by atoms with Crippen molar-refractivity contribution in [2.75, 3.05) is 7.05 Å². The lowest BCUT2D eigenvalue weighted by atomic mass is 10.1. The first-order chi connectivity index (χ1) is 10.1. The Hall–Kier alpha value is -1.94. The van der Waals surface area contributed by atoms with Crippen molar-refractivity contribution in [3.8, 4) is 0 Å². The van der Waals surface area contributed by atoms with Crippen LogP contribution in [0.2, 0.25) is 5.02 Å². The molecule has 0 saturated carbocycles. The summed E-state index contributed by atoms with van der Waals surface area (Å²) in [5, 5.41) is 0.0883. The van der Waals surface area contributed by atoms with Crippen LogP contribution >= 0.6 is 11.6 Å². The first-order valence-corrected chi connectivity index (χ1v) is 7.01. The summed E-state index contributed by atoms with van der Waals surface area (Å²) in [5.74, 6) is -0.450. The zero-order valence-corrected chi connectivity index (χ0v) is 12.5. The van der Waals surface area contributed by atoms with Crippen LogP contribution in [0.5, 0.6) is 0 Å². The number of pyridine rings is 1.